The SMILES string of the molecule is CNC(=O)CCNc1cc(Cl)c(C)cc1Cl. The highest BCUT2D eigenvalue weighted by molar-refractivity contribution is 6.35. The van der Waals surface area contributed by atoms with Crippen molar-refractivity contribution in [2.24, 2.45) is 0 Å². The lowest BCUT2D eigenvalue weighted by atomic mass is 10.2. The minimum Gasteiger partial charge on any atom is -0.383 e. The van der Waals surface area contributed by atoms with E-state index >= 15 is 0 Å². The molecule has 0 aliphatic carbocycles. The van der Waals surface area contributed by atoms with E-state index in [2.05, 4.69) is 10.6 Å². The number of aryl methyl sites for hydroxylation is 1. The number of rotatable bonds is 4. The van der Waals surface area contributed by atoms with E-state index in [1.54, 1.807) is 19.2 Å². The first-order valence-corrected chi connectivity index (χ1v) is 5.70. The van der Waals surface area contributed by atoms with E-state index in [0.717, 1.165) is 11.3 Å². The van der Waals surface area contributed by atoms with Crippen LogP contribution in [-0.2, 0) is 4.79 Å². The van der Waals surface area contributed by atoms with E-state index in [-0.39, 0.29) is 5.91 Å². The first-order chi connectivity index (χ1) is 7.54. The number of hydrogen-bond donors (Lipinski definition) is 2. The molecule has 1 aromatic carbocycles. The molecule has 0 heterocycles. The molecule has 16 heavy (non-hydrogen) atoms. The number of hydrogen-bond acceptors (Lipinski definition) is 2. The minimum atomic E-state index is -0.0122. The van der Waals surface area contributed by atoms with Crippen LogP contribution in [0.3, 0.4) is 0 Å². The van der Waals surface area contributed by atoms with Crippen LogP contribution in [0.25, 0.3) is 0 Å². The number of anilines is 1. The zero-order chi connectivity index (χ0) is 12.1. The van der Waals surface area contributed by atoms with Crippen molar-refractivity contribution in [3.63, 3.8) is 0 Å². The molecule has 0 saturated carbocycles. The minimum absolute atomic E-state index is 0.0122. The van der Waals surface area contributed by atoms with E-state index in [0.29, 0.717) is 23.0 Å². The van der Waals surface area contributed by atoms with Crippen LogP contribution < -0.4 is 10.6 Å². The molecule has 0 atom stereocenters. The molecule has 0 bridgehead atoms. The Kier molecular flexibility index (Phi) is 4.90. The monoisotopic (exact) mass is 260 g/mol. The van der Waals surface area contributed by atoms with Crippen molar-refractivity contribution < 1.29 is 4.79 Å². The Morgan fingerprint density at radius 1 is 1.31 bits per heavy atom. The molecular weight excluding hydrogens is 247 g/mol. The second kappa shape index (κ2) is 5.97. The number of carbonyl (C=O) groups is 1. The van der Waals surface area contributed by atoms with Gasteiger partial charge in [-0.15, -0.1) is 0 Å². The Morgan fingerprint density at radius 2 is 2.00 bits per heavy atom. The van der Waals surface area contributed by atoms with Gasteiger partial charge in [-0.2, -0.15) is 0 Å². The van der Waals surface area contributed by atoms with Crippen LogP contribution in [0.15, 0.2) is 12.1 Å². The summed E-state index contributed by atoms with van der Waals surface area (Å²) in [5.74, 6) is -0.0122. The largest absolute Gasteiger partial charge is 0.383 e. The molecule has 0 aliphatic heterocycles. The molecule has 0 spiro atoms. The van der Waals surface area contributed by atoms with E-state index in [1.165, 1.54) is 0 Å². The predicted molar refractivity (Wildman–Crippen MR) is 68.4 cm³/mol. The van der Waals surface area contributed by atoms with Gasteiger partial charge in [0.15, 0.2) is 0 Å². The maximum absolute atomic E-state index is 11.0. The Balaban J connectivity index is 2.60. The molecule has 0 unspecified atom stereocenters. The molecule has 0 radical (unpaired) electrons. The van der Waals surface area contributed by atoms with Crippen LogP contribution >= 0.6 is 23.2 Å². The predicted octanol–water partition coefficient (Wildman–Crippen LogP) is 2.85. The van der Waals surface area contributed by atoms with Crippen molar-refractivity contribution in [3.05, 3.63) is 27.7 Å². The summed E-state index contributed by atoms with van der Waals surface area (Å²) in [4.78, 5) is 11.0. The van der Waals surface area contributed by atoms with Gasteiger partial charge in [-0.3, -0.25) is 4.79 Å². The second-order valence-corrected chi connectivity index (χ2v) is 4.25. The molecular formula is C11H14Cl2N2O. The van der Waals surface area contributed by atoms with Crippen molar-refractivity contribution in [2.45, 2.75) is 13.3 Å². The highest BCUT2D eigenvalue weighted by atomic mass is 35.5. The van der Waals surface area contributed by atoms with Gasteiger partial charge in [0.05, 0.1) is 10.7 Å². The van der Waals surface area contributed by atoms with Crippen LogP contribution in [0.1, 0.15) is 12.0 Å². The first kappa shape index (κ1) is 13.1. The van der Waals surface area contributed by atoms with Gasteiger partial charge in [0.1, 0.15) is 0 Å². The normalized spacial score (nSPS) is 10.0. The molecule has 5 heteroatoms. The Hall–Kier alpha value is -0.930. The van der Waals surface area contributed by atoms with Crippen LogP contribution in [0.5, 0.6) is 0 Å². The van der Waals surface area contributed by atoms with Gasteiger partial charge in [0.2, 0.25) is 5.91 Å². The topological polar surface area (TPSA) is 41.1 Å². The third kappa shape index (κ3) is 3.58. The summed E-state index contributed by atoms with van der Waals surface area (Å²) in [6.07, 6.45) is 0.401. The summed E-state index contributed by atoms with van der Waals surface area (Å²) in [6.45, 7) is 2.42. The summed E-state index contributed by atoms with van der Waals surface area (Å²) in [5.41, 5.74) is 1.68. The van der Waals surface area contributed by atoms with Crippen molar-refractivity contribution in [1.82, 2.24) is 5.32 Å². The summed E-state index contributed by atoms with van der Waals surface area (Å²) >= 11 is 12.0. The van der Waals surface area contributed by atoms with Gasteiger partial charge < -0.3 is 10.6 Å². The molecule has 1 rings (SSSR count). The fourth-order valence-electron chi connectivity index (χ4n) is 1.22. The highest BCUT2D eigenvalue weighted by Gasteiger charge is 2.04. The van der Waals surface area contributed by atoms with Gasteiger partial charge >= 0.3 is 0 Å². The maximum Gasteiger partial charge on any atom is 0.221 e. The van der Waals surface area contributed by atoms with E-state index in [9.17, 15) is 4.79 Å². The van der Waals surface area contributed by atoms with Crippen LogP contribution in [0, 0.1) is 6.92 Å². The molecule has 88 valence electrons. The van der Waals surface area contributed by atoms with Gasteiger partial charge in [0, 0.05) is 25.0 Å². The van der Waals surface area contributed by atoms with Gasteiger partial charge in [0.25, 0.3) is 0 Å². The molecule has 0 saturated heterocycles. The standard InChI is InChI=1S/C11H14Cl2N2O/c1-7-5-9(13)10(6-8(7)12)15-4-3-11(16)14-2/h5-6,15H,3-4H2,1-2H3,(H,14,16). The van der Waals surface area contributed by atoms with E-state index in [4.69, 9.17) is 23.2 Å². The first-order valence-electron chi connectivity index (χ1n) is 4.94. The van der Waals surface area contributed by atoms with Crippen LogP contribution in [0.4, 0.5) is 5.69 Å². The van der Waals surface area contributed by atoms with Crippen molar-refractivity contribution in [1.29, 1.82) is 0 Å². The van der Waals surface area contributed by atoms with E-state index < -0.39 is 0 Å². The van der Waals surface area contributed by atoms with Crippen LogP contribution in [0.2, 0.25) is 10.0 Å². The molecule has 0 aliphatic rings. The number of amides is 1. The van der Waals surface area contributed by atoms with Crippen molar-refractivity contribution >= 4 is 34.8 Å². The van der Waals surface area contributed by atoms with Crippen LogP contribution in [-0.4, -0.2) is 19.5 Å². The molecule has 3 nitrogen and oxygen atoms in total. The summed E-state index contributed by atoms with van der Waals surface area (Å²) in [5, 5.41) is 6.89. The smallest absolute Gasteiger partial charge is 0.221 e. The Labute approximate surface area is 105 Å². The number of carbonyl (C=O) groups excluding carboxylic acids is 1. The Bertz CT molecular complexity index is 394. The quantitative estimate of drug-likeness (QED) is 0.875. The molecule has 2 N–H and O–H groups in total. The zero-order valence-electron chi connectivity index (χ0n) is 9.23. The summed E-state index contributed by atoms with van der Waals surface area (Å²) < 4.78 is 0. The highest BCUT2D eigenvalue weighted by Crippen LogP contribution is 2.28. The number of halogens is 2. The fourth-order valence-corrected chi connectivity index (χ4v) is 1.67. The average molecular weight is 261 g/mol. The maximum atomic E-state index is 11.0. The Morgan fingerprint density at radius 3 is 2.62 bits per heavy atom. The lowest BCUT2D eigenvalue weighted by molar-refractivity contribution is -0.120. The number of benzene rings is 1. The van der Waals surface area contributed by atoms with Crippen molar-refractivity contribution in [3.8, 4) is 0 Å². The van der Waals surface area contributed by atoms with E-state index in [1.807, 2.05) is 6.92 Å². The number of nitrogens with one attached hydrogen (secondary N) is 2. The molecule has 0 aromatic heterocycles. The molecule has 0 fully saturated rings. The van der Waals surface area contributed by atoms with Crippen molar-refractivity contribution in [2.75, 3.05) is 18.9 Å². The molecule has 1 aromatic rings. The zero-order valence-corrected chi connectivity index (χ0v) is 10.7. The average Bonchev–Trinajstić information content (AvgIpc) is 2.25. The third-order valence-corrected chi connectivity index (χ3v) is 2.91. The summed E-state index contributed by atoms with van der Waals surface area (Å²) in [7, 11) is 1.61. The fraction of sp³-hybridized carbons (Fsp3) is 0.364. The lowest BCUT2D eigenvalue weighted by Gasteiger charge is -2.09. The summed E-state index contributed by atoms with van der Waals surface area (Å²) in [6, 6.07) is 3.56. The second-order valence-electron chi connectivity index (χ2n) is 3.43. The molecule has 1 amide bonds. The third-order valence-electron chi connectivity index (χ3n) is 2.19. The van der Waals surface area contributed by atoms with Gasteiger partial charge in [-0.05, 0) is 24.6 Å². The lowest BCUT2D eigenvalue weighted by Crippen LogP contribution is -2.20. The van der Waals surface area contributed by atoms with Gasteiger partial charge in [-0.1, -0.05) is 23.2 Å². The van der Waals surface area contributed by atoms with Gasteiger partial charge in [-0.25, -0.2) is 0 Å².